The lowest BCUT2D eigenvalue weighted by Crippen LogP contribution is -2.45. The van der Waals surface area contributed by atoms with Crippen LogP contribution in [0.5, 0.6) is 0 Å². The summed E-state index contributed by atoms with van der Waals surface area (Å²) in [5.41, 5.74) is 2.89. The number of alkyl carbamates (subject to hydrolysis) is 1. The second kappa shape index (κ2) is 11.1. The van der Waals surface area contributed by atoms with Crippen LogP contribution in [0.4, 0.5) is 4.79 Å². The van der Waals surface area contributed by atoms with Gasteiger partial charge in [0.05, 0.1) is 6.61 Å². The Morgan fingerprint density at radius 1 is 1.00 bits per heavy atom. The summed E-state index contributed by atoms with van der Waals surface area (Å²) in [5.74, 6) is -0.114. The molecule has 1 radical (unpaired) electrons. The monoisotopic (exact) mass is 526 g/mol. The van der Waals surface area contributed by atoms with E-state index in [9.17, 15) is 14.7 Å². The Morgan fingerprint density at radius 2 is 1.72 bits per heavy atom. The second-order valence-corrected chi connectivity index (χ2v) is 11.4. The minimum atomic E-state index is -0.531. The molecule has 7 heteroatoms. The van der Waals surface area contributed by atoms with Crippen LogP contribution in [0, 0.1) is 6.07 Å². The van der Waals surface area contributed by atoms with E-state index in [-0.39, 0.29) is 24.6 Å². The number of fused-ring (bicyclic) bond motifs is 2. The molecule has 1 aromatic heterocycles. The van der Waals surface area contributed by atoms with Gasteiger partial charge in [-0.15, -0.1) is 0 Å². The Balaban J connectivity index is 1.34. The lowest BCUT2D eigenvalue weighted by molar-refractivity contribution is 0.0488. The molecule has 2 amide bonds. The molecule has 39 heavy (non-hydrogen) atoms. The number of hydrogen-bond donors (Lipinski definition) is 3. The fourth-order valence-corrected chi connectivity index (χ4v) is 5.47. The topological polar surface area (TPSA) is 92.6 Å². The number of rotatable bonds is 6. The van der Waals surface area contributed by atoms with E-state index in [0.29, 0.717) is 12.2 Å². The van der Waals surface area contributed by atoms with E-state index in [0.717, 1.165) is 58.5 Å². The zero-order valence-electron chi connectivity index (χ0n) is 22.8. The van der Waals surface area contributed by atoms with Crippen LogP contribution in [-0.4, -0.2) is 39.4 Å². The van der Waals surface area contributed by atoms with Crippen molar-refractivity contribution in [2.24, 2.45) is 0 Å². The molecule has 5 rings (SSSR count). The minimum Gasteiger partial charge on any atom is -0.444 e. The third kappa shape index (κ3) is 6.25. The first-order valence-corrected chi connectivity index (χ1v) is 13.6. The van der Waals surface area contributed by atoms with Gasteiger partial charge in [0.25, 0.3) is 5.91 Å². The number of carbonyl (C=O) groups is 2. The van der Waals surface area contributed by atoms with Gasteiger partial charge in [-0.1, -0.05) is 42.5 Å². The predicted molar refractivity (Wildman–Crippen MR) is 153 cm³/mol. The van der Waals surface area contributed by atoms with Gasteiger partial charge in [-0.05, 0) is 92.6 Å². The highest BCUT2D eigenvalue weighted by Crippen LogP contribution is 2.27. The van der Waals surface area contributed by atoms with Gasteiger partial charge in [0, 0.05) is 29.5 Å². The molecule has 1 aliphatic rings. The Hall–Kier alpha value is -3.84. The van der Waals surface area contributed by atoms with Gasteiger partial charge in [-0.2, -0.15) is 0 Å². The van der Waals surface area contributed by atoms with E-state index in [1.165, 1.54) is 0 Å². The molecule has 0 atom stereocenters. The lowest BCUT2D eigenvalue weighted by atomic mass is 9.91. The molecule has 0 aliphatic heterocycles. The van der Waals surface area contributed by atoms with E-state index in [2.05, 4.69) is 22.8 Å². The summed E-state index contributed by atoms with van der Waals surface area (Å²) in [6.07, 6.45) is 2.73. The molecular weight excluding hydrogens is 490 g/mol. The van der Waals surface area contributed by atoms with Gasteiger partial charge in [-0.3, -0.25) is 4.79 Å². The molecule has 4 aromatic rings. The van der Waals surface area contributed by atoms with Crippen LogP contribution in [-0.2, 0) is 17.9 Å². The number of nitrogens with zero attached hydrogens (tertiary/aromatic N) is 1. The molecule has 1 saturated carbocycles. The number of amides is 2. The molecule has 0 spiro atoms. The average molecular weight is 527 g/mol. The molecule has 0 bridgehead atoms. The molecule has 0 unspecified atom stereocenters. The maximum atomic E-state index is 13.6. The summed E-state index contributed by atoms with van der Waals surface area (Å²) in [4.78, 5) is 25.8. The maximum absolute atomic E-state index is 13.6. The summed E-state index contributed by atoms with van der Waals surface area (Å²) in [5, 5.41) is 19.2. The Morgan fingerprint density at radius 3 is 2.44 bits per heavy atom. The summed E-state index contributed by atoms with van der Waals surface area (Å²) in [7, 11) is 0. The number of carbonyl (C=O) groups excluding carboxylic acids is 2. The molecule has 1 fully saturated rings. The van der Waals surface area contributed by atoms with Crippen molar-refractivity contribution >= 4 is 33.7 Å². The van der Waals surface area contributed by atoms with Crippen molar-refractivity contribution in [3.8, 4) is 0 Å². The van der Waals surface area contributed by atoms with Gasteiger partial charge in [-0.25, -0.2) is 4.79 Å². The average Bonchev–Trinajstić information content (AvgIpc) is 3.27. The van der Waals surface area contributed by atoms with Crippen molar-refractivity contribution < 1.29 is 19.4 Å². The van der Waals surface area contributed by atoms with Crippen molar-refractivity contribution in [3.05, 3.63) is 83.6 Å². The van der Waals surface area contributed by atoms with Crippen molar-refractivity contribution in [2.45, 2.75) is 77.3 Å². The van der Waals surface area contributed by atoms with E-state index in [1.807, 2.05) is 79.9 Å². The van der Waals surface area contributed by atoms with Crippen LogP contribution >= 0.6 is 0 Å². The first-order valence-electron chi connectivity index (χ1n) is 13.6. The molecule has 1 aliphatic carbocycles. The first-order chi connectivity index (χ1) is 18.7. The van der Waals surface area contributed by atoms with Crippen molar-refractivity contribution in [3.63, 3.8) is 0 Å². The van der Waals surface area contributed by atoms with Crippen LogP contribution in [0.3, 0.4) is 0 Å². The number of ether oxygens (including phenoxy) is 1. The Kier molecular flexibility index (Phi) is 7.62. The molecule has 1 heterocycles. The van der Waals surface area contributed by atoms with E-state index >= 15 is 0 Å². The predicted octanol–water partition coefficient (Wildman–Crippen LogP) is 5.70. The van der Waals surface area contributed by atoms with Gasteiger partial charge in [0.2, 0.25) is 0 Å². The second-order valence-electron chi connectivity index (χ2n) is 11.4. The smallest absolute Gasteiger partial charge is 0.407 e. The number of aliphatic hydroxyl groups excluding tert-OH is 1. The van der Waals surface area contributed by atoms with Crippen molar-refractivity contribution in [1.82, 2.24) is 15.2 Å². The molecule has 7 nitrogen and oxygen atoms in total. The third-order valence-corrected chi connectivity index (χ3v) is 7.28. The normalized spacial score (nSPS) is 17.7. The number of benzene rings is 3. The highest BCUT2D eigenvalue weighted by atomic mass is 16.6. The van der Waals surface area contributed by atoms with Crippen LogP contribution < -0.4 is 10.6 Å². The maximum Gasteiger partial charge on any atom is 0.407 e. The molecular formula is C32H36N3O4. The molecule has 0 saturated heterocycles. The summed E-state index contributed by atoms with van der Waals surface area (Å²) < 4.78 is 7.42. The summed E-state index contributed by atoms with van der Waals surface area (Å²) >= 11 is 0. The quantitative estimate of drug-likeness (QED) is 0.300. The van der Waals surface area contributed by atoms with Gasteiger partial charge in [0.1, 0.15) is 11.3 Å². The largest absolute Gasteiger partial charge is 0.444 e. The van der Waals surface area contributed by atoms with Crippen LogP contribution in [0.2, 0.25) is 0 Å². The number of aliphatic hydroxyl groups is 1. The lowest BCUT2D eigenvalue weighted by Gasteiger charge is -2.30. The fourth-order valence-electron chi connectivity index (χ4n) is 5.47. The van der Waals surface area contributed by atoms with Crippen LogP contribution in [0.1, 0.15) is 68.1 Å². The van der Waals surface area contributed by atoms with Gasteiger partial charge in [0.15, 0.2) is 0 Å². The summed E-state index contributed by atoms with van der Waals surface area (Å²) in [6, 6.07) is 23.0. The molecule has 3 N–H and O–H groups in total. The highest BCUT2D eigenvalue weighted by Gasteiger charge is 2.27. The number of hydrogen-bond acceptors (Lipinski definition) is 4. The number of nitrogens with one attached hydrogen (secondary N) is 2. The van der Waals surface area contributed by atoms with E-state index in [1.54, 1.807) is 0 Å². The standard InChI is InChI=1S/C32H36N3O4/c1-32(2,3)39-31(38)34-26-14-12-25(13-15-26)33-30(37)29-18-23-9-5-7-11-28(23)35(29)19-24-17-21(20-36)16-22-8-4-6-10-27(22)24/h4-6,8-11,16-18,25-26,36H,12-15,19-20H2,1-3H3,(H,33,37)(H,34,38)/t25-,26-. The zero-order chi connectivity index (χ0) is 27.6. The highest BCUT2D eigenvalue weighted by molar-refractivity contribution is 5.99. The molecule has 203 valence electrons. The van der Waals surface area contributed by atoms with Crippen LogP contribution in [0.25, 0.3) is 21.7 Å². The van der Waals surface area contributed by atoms with Crippen LogP contribution in [0.15, 0.2) is 60.7 Å². The minimum absolute atomic E-state index is 0.0331. The zero-order valence-corrected chi connectivity index (χ0v) is 22.8. The third-order valence-electron chi connectivity index (χ3n) is 7.28. The Labute approximate surface area is 229 Å². The molecule has 3 aromatic carbocycles. The first kappa shape index (κ1) is 26.8. The van der Waals surface area contributed by atoms with E-state index in [4.69, 9.17) is 4.74 Å². The number of aromatic nitrogens is 1. The SMILES string of the molecule is CC(C)(C)OC(=O)N[C@H]1CC[C@H](NC(=O)c2cc3cc[c]cc3n2Cc2cc(CO)cc3ccccc23)CC1. The summed E-state index contributed by atoms with van der Waals surface area (Å²) in [6.45, 7) is 5.99. The fraction of sp³-hybridized carbons (Fsp3) is 0.375. The Bertz CT molecular complexity index is 1490. The van der Waals surface area contributed by atoms with Gasteiger partial charge >= 0.3 is 6.09 Å². The van der Waals surface area contributed by atoms with Crippen molar-refractivity contribution in [1.29, 1.82) is 0 Å². The van der Waals surface area contributed by atoms with Gasteiger partial charge < -0.3 is 25.0 Å². The van der Waals surface area contributed by atoms with Crippen molar-refractivity contribution in [2.75, 3.05) is 0 Å². The van der Waals surface area contributed by atoms with E-state index < -0.39 is 11.7 Å².